The molecule has 0 aliphatic carbocycles. The molecule has 0 atom stereocenters. The van der Waals surface area contributed by atoms with E-state index >= 15 is 0 Å². The Morgan fingerprint density at radius 3 is 2.30 bits per heavy atom. The van der Waals surface area contributed by atoms with Crippen LogP contribution in [0.3, 0.4) is 0 Å². The van der Waals surface area contributed by atoms with E-state index in [1.807, 2.05) is 13.8 Å². The summed E-state index contributed by atoms with van der Waals surface area (Å²) < 4.78 is 4.82. The number of esters is 1. The van der Waals surface area contributed by atoms with Gasteiger partial charge in [-0.25, -0.2) is 9.59 Å². The number of carbonyl (C=O) groups excluding carboxylic acids is 4. The average Bonchev–Trinajstić information content (AvgIpc) is 2.92. The molecule has 0 spiro atoms. The summed E-state index contributed by atoms with van der Waals surface area (Å²) >= 11 is 0. The third kappa shape index (κ3) is 5.68. The molecule has 2 N–H and O–H groups in total. The lowest BCUT2D eigenvalue weighted by atomic mass is 9.88. The molecule has 0 aromatic heterocycles. The summed E-state index contributed by atoms with van der Waals surface area (Å²) in [6.45, 7) is 5.61. The molecule has 162 valence electrons. The lowest BCUT2D eigenvalue weighted by Crippen LogP contribution is -2.47. The van der Waals surface area contributed by atoms with Crippen LogP contribution in [0.4, 0.5) is 10.5 Å². The van der Waals surface area contributed by atoms with E-state index in [4.69, 9.17) is 4.74 Å². The van der Waals surface area contributed by atoms with Crippen LogP contribution in [0.2, 0.25) is 0 Å². The molecule has 1 aromatic rings. The van der Waals surface area contributed by atoms with Gasteiger partial charge in [-0.3, -0.25) is 14.5 Å². The maximum Gasteiger partial charge on any atom is 0.330 e. The Balaban J connectivity index is 1.97. The topological polar surface area (TPSA) is 105 Å². The maximum atomic E-state index is 12.8. The van der Waals surface area contributed by atoms with Crippen LogP contribution in [-0.2, 0) is 19.1 Å². The van der Waals surface area contributed by atoms with Crippen molar-refractivity contribution in [2.45, 2.75) is 52.0 Å². The lowest BCUT2D eigenvalue weighted by Gasteiger charge is -2.25. The molecule has 0 saturated carbocycles. The number of hydrogen-bond acceptors (Lipinski definition) is 5. The molecule has 2 rings (SSSR count). The van der Waals surface area contributed by atoms with Crippen LogP contribution >= 0.6 is 0 Å². The van der Waals surface area contributed by atoms with Gasteiger partial charge >= 0.3 is 12.0 Å². The fraction of sp³-hybridized carbons (Fsp3) is 0.455. The average molecular weight is 415 g/mol. The third-order valence-corrected chi connectivity index (χ3v) is 4.79. The first-order valence-corrected chi connectivity index (χ1v) is 10.2. The highest BCUT2D eigenvalue weighted by molar-refractivity contribution is 6.10. The molecule has 0 radical (unpaired) electrons. The molecule has 1 aliphatic rings. The van der Waals surface area contributed by atoms with Crippen molar-refractivity contribution in [1.82, 2.24) is 10.2 Å². The molecule has 1 aliphatic heterocycles. The van der Waals surface area contributed by atoms with Crippen molar-refractivity contribution in [3.8, 4) is 0 Å². The SMILES string of the molecule is CCCC1(CCC)NC(=O)N(CC(=O)Nc2ccc(/C=C/C(=O)OCC)cc2)C1=O. The summed E-state index contributed by atoms with van der Waals surface area (Å²) in [5.41, 5.74) is 0.376. The van der Waals surface area contributed by atoms with Crippen LogP contribution < -0.4 is 10.6 Å². The van der Waals surface area contributed by atoms with E-state index in [0.717, 1.165) is 23.3 Å². The van der Waals surface area contributed by atoms with Gasteiger partial charge in [-0.1, -0.05) is 38.8 Å². The molecular weight excluding hydrogens is 386 g/mol. The fourth-order valence-electron chi connectivity index (χ4n) is 3.51. The van der Waals surface area contributed by atoms with E-state index in [1.165, 1.54) is 6.08 Å². The van der Waals surface area contributed by atoms with E-state index in [2.05, 4.69) is 10.6 Å². The summed E-state index contributed by atoms with van der Waals surface area (Å²) in [6, 6.07) is 6.27. The van der Waals surface area contributed by atoms with E-state index in [-0.39, 0.29) is 12.5 Å². The summed E-state index contributed by atoms with van der Waals surface area (Å²) in [5.74, 6) is -1.23. The normalized spacial score (nSPS) is 15.4. The molecule has 1 fully saturated rings. The molecule has 8 heteroatoms. The third-order valence-electron chi connectivity index (χ3n) is 4.79. The lowest BCUT2D eigenvalue weighted by molar-refractivity contribution is -0.137. The number of urea groups is 1. The highest BCUT2D eigenvalue weighted by atomic mass is 16.5. The van der Waals surface area contributed by atoms with E-state index in [9.17, 15) is 19.2 Å². The number of amides is 4. The second kappa shape index (κ2) is 10.6. The van der Waals surface area contributed by atoms with Crippen LogP contribution in [0.1, 0.15) is 52.0 Å². The summed E-state index contributed by atoms with van der Waals surface area (Å²) in [5, 5.41) is 5.48. The summed E-state index contributed by atoms with van der Waals surface area (Å²) in [7, 11) is 0. The molecule has 4 amide bonds. The van der Waals surface area contributed by atoms with E-state index in [0.29, 0.717) is 25.1 Å². The summed E-state index contributed by atoms with van der Waals surface area (Å²) in [4.78, 5) is 49.9. The van der Waals surface area contributed by atoms with Crippen molar-refractivity contribution in [3.63, 3.8) is 0 Å². The monoisotopic (exact) mass is 415 g/mol. The Kier molecular flexibility index (Phi) is 8.15. The minimum absolute atomic E-state index is 0.309. The molecule has 8 nitrogen and oxygen atoms in total. The smallest absolute Gasteiger partial charge is 0.330 e. The van der Waals surface area contributed by atoms with Crippen molar-refractivity contribution < 1.29 is 23.9 Å². The Morgan fingerprint density at radius 1 is 1.10 bits per heavy atom. The Hall–Kier alpha value is -3.16. The van der Waals surface area contributed by atoms with E-state index < -0.39 is 23.4 Å². The zero-order valence-corrected chi connectivity index (χ0v) is 17.7. The van der Waals surface area contributed by atoms with E-state index in [1.54, 1.807) is 37.3 Å². The number of hydrogen-bond donors (Lipinski definition) is 2. The van der Waals surface area contributed by atoms with Crippen LogP contribution in [0.25, 0.3) is 6.08 Å². The zero-order valence-electron chi connectivity index (χ0n) is 17.7. The zero-order chi connectivity index (χ0) is 22.1. The fourth-order valence-corrected chi connectivity index (χ4v) is 3.51. The second-order valence-corrected chi connectivity index (χ2v) is 7.16. The highest BCUT2D eigenvalue weighted by Crippen LogP contribution is 2.28. The number of nitrogens with zero attached hydrogens (tertiary/aromatic N) is 1. The van der Waals surface area contributed by atoms with Crippen molar-refractivity contribution in [1.29, 1.82) is 0 Å². The molecule has 0 bridgehead atoms. The number of anilines is 1. The van der Waals surface area contributed by atoms with Crippen LogP contribution in [-0.4, -0.2) is 47.4 Å². The highest BCUT2D eigenvalue weighted by Gasteiger charge is 2.50. The first kappa shape index (κ1) is 23.1. The van der Waals surface area contributed by atoms with Crippen LogP contribution in [0.15, 0.2) is 30.3 Å². The largest absolute Gasteiger partial charge is 0.463 e. The van der Waals surface area contributed by atoms with Gasteiger partial charge in [-0.05, 0) is 43.5 Å². The van der Waals surface area contributed by atoms with Gasteiger partial charge in [0.25, 0.3) is 5.91 Å². The van der Waals surface area contributed by atoms with Crippen molar-refractivity contribution >= 4 is 35.6 Å². The summed E-state index contributed by atoms with van der Waals surface area (Å²) in [6.07, 6.45) is 5.53. The predicted molar refractivity (Wildman–Crippen MR) is 114 cm³/mol. The number of nitrogens with one attached hydrogen (secondary N) is 2. The minimum atomic E-state index is -0.909. The van der Waals surface area contributed by atoms with Crippen molar-refractivity contribution in [2.75, 3.05) is 18.5 Å². The van der Waals surface area contributed by atoms with Gasteiger partial charge in [-0.2, -0.15) is 0 Å². The van der Waals surface area contributed by atoms with Gasteiger partial charge < -0.3 is 15.4 Å². The maximum absolute atomic E-state index is 12.8. The second-order valence-electron chi connectivity index (χ2n) is 7.16. The molecule has 30 heavy (non-hydrogen) atoms. The van der Waals surface area contributed by atoms with Gasteiger partial charge in [0, 0.05) is 11.8 Å². The number of carbonyl (C=O) groups is 4. The quantitative estimate of drug-likeness (QED) is 0.347. The first-order valence-electron chi connectivity index (χ1n) is 10.2. The molecule has 1 heterocycles. The Labute approximate surface area is 176 Å². The molecule has 1 saturated heterocycles. The molecule has 0 unspecified atom stereocenters. The standard InChI is InChI=1S/C22H29N3O5/c1-4-13-22(14-5-2)20(28)25(21(29)24-22)15-18(26)23-17-10-7-16(8-11-17)9-12-19(27)30-6-3/h7-12H,4-6,13-15H2,1-3H3,(H,23,26)(H,24,29)/b12-9+. The van der Waals surface area contributed by atoms with Crippen molar-refractivity contribution in [3.05, 3.63) is 35.9 Å². The Morgan fingerprint density at radius 2 is 1.73 bits per heavy atom. The first-order chi connectivity index (χ1) is 14.3. The van der Waals surface area contributed by atoms with Gasteiger partial charge in [-0.15, -0.1) is 0 Å². The van der Waals surface area contributed by atoms with Crippen LogP contribution in [0, 0.1) is 0 Å². The molecule has 1 aromatic carbocycles. The molecular formula is C22H29N3O5. The van der Waals surface area contributed by atoms with Gasteiger partial charge in [0.1, 0.15) is 12.1 Å². The minimum Gasteiger partial charge on any atom is -0.463 e. The number of ether oxygens (including phenoxy) is 1. The number of imide groups is 1. The predicted octanol–water partition coefficient (Wildman–Crippen LogP) is 3.09. The van der Waals surface area contributed by atoms with Crippen molar-refractivity contribution in [2.24, 2.45) is 0 Å². The Bertz CT molecular complexity index is 811. The number of rotatable bonds is 10. The van der Waals surface area contributed by atoms with Crippen LogP contribution in [0.5, 0.6) is 0 Å². The van der Waals surface area contributed by atoms with Gasteiger partial charge in [0.2, 0.25) is 5.91 Å². The van der Waals surface area contributed by atoms with Gasteiger partial charge in [0.15, 0.2) is 0 Å². The van der Waals surface area contributed by atoms with Gasteiger partial charge in [0.05, 0.1) is 6.61 Å². The number of benzene rings is 1.